The summed E-state index contributed by atoms with van der Waals surface area (Å²) in [6, 6.07) is 25.6. The van der Waals surface area contributed by atoms with E-state index in [4.69, 9.17) is 0 Å². The molecule has 0 saturated heterocycles. The molecule has 3 nitrogen and oxygen atoms in total. The summed E-state index contributed by atoms with van der Waals surface area (Å²) in [4.78, 5) is 9.34. The summed E-state index contributed by atoms with van der Waals surface area (Å²) in [6.07, 6.45) is 7.58. The first kappa shape index (κ1) is 22.5. The lowest BCUT2D eigenvalue weighted by Gasteiger charge is -2.13. The molecule has 1 N–H and O–H groups in total. The lowest BCUT2D eigenvalue weighted by molar-refractivity contribution is 0.920. The number of aromatic nitrogens is 2. The predicted octanol–water partition coefficient (Wildman–Crippen LogP) is 7.49. The van der Waals surface area contributed by atoms with Crippen LogP contribution < -0.4 is 5.32 Å². The number of anilines is 1. The molecule has 0 saturated carbocycles. The Morgan fingerprint density at radius 2 is 1.45 bits per heavy atom. The molecule has 0 amide bonds. The third-order valence-electron chi connectivity index (χ3n) is 5.81. The van der Waals surface area contributed by atoms with E-state index in [0.717, 1.165) is 53.2 Å². The van der Waals surface area contributed by atoms with Crippen LogP contribution >= 0.6 is 0 Å². The normalized spacial score (nSPS) is 10.7. The molecule has 1 heterocycles. The smallest absolute Gasteiger partial charge is 0.0967 e. The van der Waals surface area contributed by atoms with Crippen molar-refractivity contribution in [3.05, 3.63) is 114 Å². The van der Waals surface area contributed by atoms with Crippen LogP contribution in [0.2, 0.25) is 0 Å². The quantitative estimate of drug-likeness (QED) is 0.297. The van der Waals surface area contributed by atoms with Gasteiger partial charge >= 0.3 is 0 Å². The zero-order valence-electron chi connectivity index (χ0n) is 19.5. The van der Waals surface area contributed by atoms with Crippen molar-refractivity contribution < 1.29 is 0 Å². The van der Waals surface area contributed by atoms with E-state index >= 15 is 0 Å². The number of rotatable bonds is 9. The van der Waals surface area contributed by atoms with Crippen molar-refractivity contribution in [1.29, 1.82) is 0 Å². The lowest BCUT2D eigenvalue weighted by atomic mass is 9.98. The van der Waals surface area contributed by atoms with E-state index in [-0.39, 0.29) is 0 Å². The van der Waals surface area contributed by atoms with Crippen LogP contribution in [0, 0.1) is 0 Å². The predicted molar refractivity (Wildman–Crippen MR) is 139 cm³/mol. The van der Waals surface area contributed by atoms with Gasteiger partial charge in [0.2, 0.25) is 0 Å². The zero-order valence-corrected chi connectivity index (χ0v) is 19.5. The lowest BCUT2D eigenvalue weighted by Crippen LogP contribution is -2.02. The van der Waals surface area contributed by atoms with Crippen molar-refractivity contribution in [2.24, 2.45) is 0 Å². The maximum atomic E-state index is 4.68. The number of nitrogens with one attached hydrogen (secondary N) is 1. The third-order valence-corrected chi connectivity index (χ3v) is 5.81. The van der Waals surface area contributed by atoms with Crippen molar-refractivity contribution in [2.75, 3.05) is 5.32 Å². The Hall–Kier alpha value is -3.72. The van der Waals surface area contributed by atoms with Crippen LogP contribution in [0.4, 0.5) is 5.69 Å². The molecule has 0 bridgehead atoms. The summed E-state index contributed by atoms with van der Waals surface area (Å²) in [7, 11) is 0. The van der Waals surface area contributed by atoms with Crippen molar-refractivity contribution in [3.8, 4) is 22.5 Å². The van der Waals surface area contributed by atoms with E-state index in [9.17, 15) is 0 Å². The minimum atomic E-state index is 0.802. The highest BCUT2D eigenvalue weighted by molar-refractivity contribution is 5.80. The Bertz CT molecular complexity index is 1210. The van der Waals surface area contributed by atoms with Gasteiger partial charge in [0.1, 0.15) is 0 Å². The average Bonchev–Trinajstić information content (AvgIpc) is 2.86. The van der Waals surface area contributed by atoms with Crippen LogP contribution in [-0.2, 0) is 19.3 Å². The molecule has 0 fully saturated rings. The number of aryl methyl sites for hydroxylation is 2. The number of hydrogen-bond acceptors (Lipinski definition) is 3. The van der Waals surface area contributed by atoms with Gasteiger partial charge in [0.05, 0.1) is 11.4 Å². The van der Waals surface area contributed by atoms with Crippen LogP contribution in [0.25, 0.3) is 22.5 Å². The van der Waals surface area contributed by atoms with Crippen molar-refractivity contribution >= 4 is 5.69 Å². The second-order valence-corrected chi connectivity index (χ2v) is 8.31. The molecule has 4 rings (SSSR count). The minimum Gasteiger partial charge on any atom is -0.359 e. The summed E-state index contributed by atoms with van der Waals surface area (Å²) in [5.41, 5.74) is 9.94. The summed E-state index contributed by atoms with van der Waals surface area (Å²) in [5.74, 6) is 0. The van der Waals surface area contributed by atoms with Gasteiger partial charge < -0.3 is 5.32 Å². The van der Waals surface area contributed by atoms with E-state index in [1.54, 1.807) is 12.4 Å². The van der Waals surface area contributed by atoms with Crippen LogP contribution in [0.3, 0.4) is 0 Å². The Kier molecular flexibility index (Phi) is 7.31. The summed E-state index contributed by atoms with van der Waals surface area (Å²) in [6.45, 7) is 8.60. The van der Waals surface area contributed by atoms with Gasteiger partial charge in [0.15, 0.2) is 0 Å². The molecule has 0 aliphatic rings. The Labute approximate surface area is 197 Å². The molecule has 0 spiro atoms. The first-order valence-corrected chi connectivity index (χ1v) is 11.7. The standard InChI is InChI=1S/C30H31N3/c1-4-8-23-11-13-24(14-12-23)21-22(3)33-27-17-15-26(16-18-27)29-30(32-20-19-31-29)28-10-7-6-9-25(28)5-2/h6-7,9-20,33H,3-5,8,21H2,1-2H3. The largest absolute Gasteiger partial charge is 0.359 e. The molecular weight excluding hydrogens is 402 g/mol. The number of allylic oxidation sites excluding steroid dienone is 1. The monoisotopic (exact) mass is 433 g/mol. The highest BCUT2D eigenvalue weighted by atomic mass is 14.9. The second kappa shape index (κ2) is 10.7. The summed E-state index contributed by atoms with van der Waals surface area (Å²) in [5, 5.41) is 3.44. The number of benzene rings is 3. The summed E-state index contributed by atoms with van der Waals surface area (Å²) >= 11 is 0. The van der Waals surface area contributed by atoms with Gasteiger partial charge in [-0.3, -0.25) is 9.97 Å². The number of nitrogens with zero attached hydrogens (tertiary/aromatic N) is 2. The molecule has 4 aromatic rings. The Morgan fingerprint density at radius 3 is 2.15 bits per heavy atom. The van der Waals surface area contributed by atoms with Gasteiger partial charge in [-0.05, 0) is 41.7 Å². The molecule has 0 aliphatic carbocycles. The fourth-order valence-electron chi connectivity index (χ4n) is 4.12. The fraction of sp³-hybridized carbons (Fsp3) is 0.200. The van der Waals surface area contributed by atoms with Crippen LogP contribution in [-0.4, -0.2) is 9.97 Å². The maximum Gasteiger partial charge on any atom is 0.0967 e. The SMILES string of the molecule is C=C(Cc1ccc(CCC)cc1)Nc1ccc(-c2nccnc2-c2ccccc2CC)cc1. The van der Waals surface area contributed by atoms with Crippen molar-refractivity contribution in [2.45, 2.75) is 39.5 Å². The van der Waals surface area contributed by atoms with Gasteiger partial charge in [-0.15, -0.1) is 0 Å². The maximum absolute atomic E-state index is 4.68. The molecule has 0 unspecified atom stereocenters. The van der Waals surface area contributed by atoms with Crippen molar-refractivity contribution in [1.82, 2.24) is 9.97 Å². The van der Waals surface area contributed by atoms with Crippen LogP contribution in [0.5, 0.6) is 0 Å². The molecular formula is C30H31N3. The molecule has 0 atom stereocenters. The van der Waals surface area contributed by atoms with Crippen LogP contribution in [0.1, 0.15) is 37.0 Å². The van der Waals surface area contributed by atoms with E-state index in [1.807, 2.05) is 0 Å². The summed E-state index contributed by atoms with van der Waals surface area (Å²) < 4.78 is 0. The Morgan fingerprint density at radius 1 is 0.788 bits per heavy atom. The average molecular weight is 434 g/mol. The van der Waals surface area contributed by atoms with Gasteiger partial charge in [-0.25, -0.2) is 0 Å². The van der Waals surface area contributed by atoms with Gasteiger partial charge in [-0.2, -0.15) is 0 Å². The first-order chi connectivity index (χ1) is 16.2. The highest BCUT2D eigenvalue weighted by Crippen LogP contribution is 2.31. The second-order valence-electron chi connectivity index (χ2n) is 8.31. The molecule has 1 aromatic heterocycles. The van der Waals surface area contributed by atoms with Crippen LogP contribution in [0.15, 0.2) is 97.5 Å². The van der Waals surface area contributed by atoms with E-state index in [0.29, 0.717) is 0 Å². The van der Waals surface area contributed by atoms with Gasteiger partial charge in [-0.1, -0.05) is 87.5 Å². The molecule has 0 radical (unpaired) electrons. The first-order valence-electron chi connectivity index (χ1n) is 11.7. The molecule has 166 valence electrons. The minimum absolute atomic E-state index is 0.802. The molecule has 0 aliphatic heterocycles. The van der Waals surface area contributed by atoms with Gasteiger partial charge in [0, 0.05) is 41.3 Å². The topological polar surface area (TPSA) is 37.8 Å². The van der Waals surface area contributed by atoms with Gasteiger partial charge in [0.25, 0.3) is 0 Å². The molecule has 33 heavy (non-hydrogen) atoms. The Balaban J connectivity index is 1.48. The van der Waals surface area contributed by atoms with E-state index in [1.165, 1.54) is 23.1 Å². The third kappa shape index (κ3) is 5.56. The van der Waals surface area contributed by atoms with E-state index in [2.05, 4.69) is 109 Å². The molecule has 3 heteroatoms. The van der Waals surface area contributed by atoms with Crippen molar-refractivity contribution in [3.63, 3.8) is 0 Å². The number of hydrogen-bond donors (Lipinski definition) is 1. The fourth-order valence-corrected chi connectivity index (χ4v) is 4.12. The van der Waals surface area contributed by atoms with E-state index < -0.39 is 0 Å². The zero-order chi connectivity index (χ0) is 23.0. The molecule has 3 aromatic carbocycles. The highest BCUT2D eigenvalue weighted by Gasteiger charge is 2.13.